The zero-order valence-electron chi connectivity index (χ0n) is 7.93. The van der Waals surface area contributed by atoms with E-state index in [0.29, 0.717) is 0 Å². The summed E-state index contributed by atoms with van der Waals surface area (Å²) in [6.07, 6.45) is 0. The van der Waals surface area contributed by atoms with Crippen LogP contribution in [-0.4, -0.2) is 15.5 Å². The lowest BCUT2D eigenvalue weighted by molar-refractivity contribution is 0.401. The van der Waals surface area contributed by atoms with E-state index in [1.54, 1.807) is 11.8 Å². The Morgan fingerprint density at radius 2 is 1.83 bits per heavy atom. The number of hydrogen-bond donors (Lipinski definition) is 1. The average Bonchev–Trinajstić information content (AvgIpc) is 2.20. The molecule has 1 aliphatic carbocycles. The van der Waals surface area contributed by atoms with Crippen LogP contribution < -0.4 is 5.73 Å². The molecule has 0 saturated carbocycles. The van der Waals surface area contributed by atoms with E-state index < -0.39 is 0 Å². The Balaban J connectivity index is 2.53. The molecule has 2 atom stereocenters. The monoisotopic (exact) mass is 182 g/mol. The molecule has 12 heavy (non-hydrogen) atoms. The van der Waals surface area contributed by atoms with Crippen molar-refractivity contribution in [2.24, 2.45) is 10.7 Å². The number of fused-ring (bicyclic) bond motifs is 1. The normalized spacial score (nSPS) is 45.5. The standard InChI is InChI=1S/C9H14N2S/c1-5-6(2)9(4)8(5,3)11-7(10)12-9/h1-4H3,(H2,10,11)/t8-,9-/m0/s1. The Kier molecular flexibility index (Phi) is 1.29. The third-order valence-electron chi connectivity index (χ3n) is 3.58. The first kappa shape index (κ1) is 8.17. The quantitative estimate of drug-likeness (QED) is 0.581. The smallest absolute Gasteiger partial charge is 0.155 e. The molecule has 2 N–H and O–H groups in total. The summed E-state index contributed by atoms with van der Waals surface area (Å²) in [6.45, 7) is 8.73. The molecule has 2 aliphatic rings. The fraction of sp³-hybridized carbons (Fsp3) is 0.667. The van der Waals surface area contributed by atoms with E-state index in [4.69, 9.17) is 5.73 Å². The first-order chi connectivity index (χ1) is 5.42. The predicted molar refractivity (Wildman–Crippen MR) is 54.4 cm³/mol. The van der Waals surface area contributed by atoms with Gasteiger partial charge in [-0.25, -0.2) is 0 Å². The van der Waals surface area contributed by atoms with E-state index in [-0.39, 0.29) is 10.3 Å². The largest absolute Gasteiger partial charge is 0.378 e. The van der Waals surface area contributed by atoms with E-state index in [9.17, 15) is 0 Å². The van der Waals surface area contributed by atoms with Crippen molar-refractivity contribution in [3.63, 3.8) is 0 Å². The second-order valence-electron chi connectivity index (χ2n) is 3.91. The molecule has 2 rings (SSSR count). The molecule has 0 amide bonds. The maximum absolute atomic E-state index is 5.74. The molecule has 2 nitrogen and oxygen atoms in total. The Bertz CT molecular complexity index is 318. The van der Waals surface area contributed by atoms with Crippen molar-refractivity contribution in [3.05, 3.63) is 11.1 Å². The third-order valence-corrected chi connectivity index (χ3v) is 4.99. The predicted octanol–water partition coefficient (Wildman–Crippen LogP) is 1.92. The molecule has 1 heterocycles. The third kappa shape index (κ3) is 0.586. The Hall–Kier alpha value is -0.440. The van der Waals surface area contributed by atoms with Gasteiger partial charge in [-0.1, -0.05) is 17.3 Å². The van der Waals surface area contributed by atoms with Crippen LogP contribution in [-0.2, 0) is 0 Å². The number of aliphatic imine (C=N–C) groups is 1. The van der Waals surface area contributed by atoms with Gasteiger partial charge in [-0.3, -0.25) is 4.99 Å². The summed E-state index contributed by atoms with van der Waals surface area (Å²) in [5.74, 6) is 0. The summed E-state index contributed by atoms with van der Waals surface area (Å²) in [6, 6.07) is 0. The first-order valence-electron chi connectivity index (χ1n) is 4.14. The van der Waals surface area contributed by atoms with Crippen LogP contribution in [0.5, 0.6) is 0 Å². The molecule has 1 aliphatic heterocycles. The van der Waals surface area contributed by atoms with Gasteiger partial charge in [0.15, 0.2) is 5.17 Å². The van der Waals surface area contributed by atoms with Crippen molar-refractivity contribution in [1.29, 1.82) is 0 Å². The molecule has 0 radical (unpaired) electrons. The minimum atomic E-state index is -0.0220. The van der Waals surface area contributed by atoms with Gasteiger partial charge in [0.2, 0.25) is 0 Å². The van der Waals surface area contributed by atoms with E-state index in [0.717, 1.165) is 5.17 Å². The number of thioether (sulfide) groups is 1. The SMILES string of the molecule is CC1=C(C)[C@]2(C)SC(N)=N[C@@]12C. The van der Waals surface area contributed by atoms with Crippen LogP contribution in [0, 0.1) is 0 Å². The van der Waals surface area contributed by atoms with Crippen LogP contribution in [0.2, 0.25) is 0 Å². The molecule has 0 aromatic carbocycles. The van der Waals surface area contributed by atoms with Gasteiger partial charge in [-0.15, -0.1) is 0 Å². The minimum Gasteiger partial charge on any atom is -0.378 e. The van der Waals surface area contributed by atoms with Crippen molar-refractivity contribution in [2.45, 2.75) is 38.0 Å². The van der Waals surface area contributed by atoms with E-state index in [1.165, 1.54) is 11.1 Å². The second-order valence-corrected chi connectivity index (χ2v) is 5.35. The maximum Gasteiger partial charge on any atom is 0.155 e. The van der Waals surface area contributed by atoms with Gasteiger partial charge in [0.05, 0.1) is 4.75 Å². The van der Waals surface area contributed by atoms with Crippen molar-refractivity contribution in [1.82, 2.24) is 0 Å². The molecule has 0 aromatic heterocycles. The maximum atomic E-state index is 5.74. The van der Waals surface area contributed by atoms with E-state index >= 15 is 0 Å². The average molecular weight is 182 g/mol. The molecule has 0 aromatic rings. The number of hydrogen-bond acceptors (Lipinski definition) is 3. The summed E-state index contributed by atoms with van der Waals surface area (Å²) in [5.41, 5.74) is 8.55. The Morgan fingerprint density at radius 1 is 1.25 bits per heavy atom. The highest BCUT2D eigenvalue weighted by atomic mass is 32.2. The lowest BCUT2D eigenvalue weighted by atomic mass is 9.64. The number of rotatable bonds is 0. The van der Waals surface area contributed by atoms with Crippen molar-refractivity contribution in [2.75, 3.05) is 0 Å². The molecule has 66 valence electrons. The topological polar surface area (TPSA) is 38.4 Å². The lowest BCUT2D eigenvalue weighted by Crippen LogP contribution is -2.54. The summed E-state index contributed by atoms with van der Waals surface area (Å²) in [5, 5.41) is 0.733. The van der Waals surface area contributed by atoms with Gasteiger partial charge in [0.1, 0.15) is 5.54 Å². The van der Waals surface area contributed by atoms with Gasteiger partial charge >= 0.3 is 0 Å². The molecule has 0 unspecified atom stereocenters. The zero-order valence-corrected chi connectivity index (χ0v) is 8.75. The summed E-state index contributed by atoms with van der Waals surface area (Å²) >= 11 is 1.70. The summed E-state index contributed by atoms with van der Waals surface area (Å²) < 4.78 is 0.140. The second kappa shape index (κ2) is 1.90. The fourth-order valence-electron chi connectivity index (χ4n) is 2.20. The van der Waals surface area contributed by atoms with E-state index in [1.807, 2.05) is 0 Å². The molecule has 3 heteroatoms. The molecule has 0 fully saturated rings. The van der Waals surface area contributed by atoms with Crippen LogP contribution in [0.1, 0.15) is 27.7 Å². The summed E-state index contributed by atoms with van der Waals surface area (Å²) in [7, 11) is 0. The van der Waals surface area contributed by atoms with Crippen LogP contribution >= 0.6 is 11.8 Å². The highest BCUT2D eigenvalue weighted by Gasteiger charge is 2.60. The molecular formula is C9H14N2S. The fourth-order valence-corrected chi connectivity index (χ4v) is 3.55. The van der Waals surface area contributed by atoms with Gasteiger partial charge in [0.25, 0.3) is 0 Å². The highest BCUT2D eigenvalue weighted by Crippen LogP contribution is 2.60. The highest BCUT2D eigenvalue weighted by molar-refractivity contribution is 8.15. The van der Waals surface area contributed by atoms with Gasteiger partial charge in [-0.05, 0) is 33.3 Å². The van der Waals surface area contributed by atoms with Crippen molar-refractivity contribution in [3.8, 4) is 0 Å². The van der Waals surface area contributed by atoms with Crippen LogP contribution in [0.4, 0.5) is 0 Å². The summed E-state index contributed by atoms with van der Waals surface area (Å²) in [4.78, 5) is 4.49. The van der Waals surface area contributed by atoms with Crippen molar-refractivity contribution >= 4 is 16.9 Å². The Labute approximate surface area is 77.3 Å². The Morgan fingerprint density at radius 3 is 2.33 bits per heavy atom. The minimum absolute atomic E-state index is 0.0220. The van der Waals surface area contributed by atoms with Crippen LogP contribution in [0.15, 0.2) is 16.1 Å². The van der Waals surface area contributed by atoms with Gasteiger partial charge < -0.3 is 5.73 Å². The van der Waals surface area contributed by atoms with Gasteiger partial charge in [-0.2, -0.15) is 0 Å². The lowest BCUT2D eigenvalue weighted by Gasteiger charge is -2.50. The number of amidine groups is 1. The zero-order chi connectivity index (χ0) is 9.15. The molecule has 0 spiro atoms. The number of nitrogens with two attached hydrogens (primary N) is 1. The molecule has 0 saturated heterocycles. The first-order valence-corrected chi connectivity index (χ1v) is 4.96. The van der Waals surface area contributed by atoms with Gasteiger partial charge in [0, 0.05) is 0 Å². The van der Waals surface area contributed by atoms with Crippen molar-refractivity contribution < 1.29 is 0 Å². The van der Waals surface area contributed by atoms with E-state index in [2.05, 4.69) is 32.7 Å². The van der Waals surface area contributed by atoms with Crippen LogP contribution in [0.3, 0.4) is 0 Å². The molecular weight excluding hydrogens is 168 g/mol. The number of nitrogens with zero attached hydrogens (tertiary/aromatic N) is 1. The molecule has 0 bridgehead atoms. The van der Waals surface area contributed by atoms with Crippen LogP contribution in [0.25, 0.3) is 0 Å².